The molecule has 1 N–H and O–H groups in total. The maximum Gasteiger partial charge on any atom is 0.126 e. The van der Waals surface area contributed by atoms with Crippen molar-refractivity contribution in [3.05, 3.63) is 41.7 Å². The lowest BCUT2D eigenvalue weighted by Gasteiger charge is -2.27. The van der Waals surface area contributed by atoms with Crippen LogP contribution in [0.3, 0.4) is 0 Å². The van der Waals surface area contributed by atoms with Gasteiger partial charge in [-0.05, 0) is 31.5 Å². The highest BCUT2D eigenvalue weighted by Gasteiger charge is 2.16. The van der Waals surface area contributed by atoms with E-state index < -0.39 is 6.10 Å². The van der Waals surface area contributed by atoms with Crippen LogP contribution in [0.2, 0.25) is 0 Å². The minimum Gasteiger partial charge on any atom is -0.389 e. The molecule has 0 fully saturated rings. The number of hydrogen-bond donors (Lipinski definition) is 1. The van der Waals surface area contributed by atoms with Gasteiger partial charge in [0.1, 0.15) is 5.82 Å². The second-order valence-corrected chi connectivity index (χ2v) is 4.56. The summed E-state index contributed by atoms with van der Waals surface area (Å²) in [5.41, 5.74) is 1.97. The van der Waals surface area contributed by atoms with Crippen molar-refractivity contribution in [1.82, 2.24) is 0 Å². The average molecular weight is 267 g/mol. The number of rotatable bonds is 7. The third-order valence-corrected chi connectivity index (χ3v) is 3.01. The van der Waals surface area contributed by atoms with Crippen LogP contribution in [-0.4, -0.2) is 31.9 Å². The minimum absolute atomic E-state index is 0.301. The number of methoxy groups -OCH3 is 1. The van der Waals surface area contributed by atoms with Crippen molar-refractivity contribution in [2.24, 2.45) is 0 Å². The lowest BCUT2D eigenvalue weighted by molar-refractivity contribution is 0.197. The number of nitrogens with zero attached hydrogens (tertiary/aromatic N) is 1. The summed E-state index contributed by atoms with van der Waals surface area (Å²) >= 11 is 0. The highest BCUT2D eigenvalue weighted by molar-refractivity contribution is 5.57. The molecule has 0 aromatic heterocycles. The van der Waals surface area contributed by atoms with Gasteiger partial charge in [0.05, 0.1) is 12.7 Å². The van der Waals surface area contributed by atoms with Gasteiger partial charge in [-0.3, -0.25) is 0 Å². The van der Waals surface area contributed by atoms with E-state index in [0.29, 0.717) is 30.8 Å². The Kier molecular flexibility index (Phi) is 5.99. The first kappa shape index (κ1) is 15.7. The molecule has 0 heterocycles. The number of aliphatic hydroxyl groups is 1. The summed E-state index contributed by atoms with van der Waals surface area (Å²) < 4.78 is 18.7. The molecule has 0 saturated heterocycles. The van der Waals surface area contributed by atoms with E-state index in [-0.39, 0.29) is 5.82 Å². The van der Waals surface area contributed by atoms with Crippen LogP contribution in [0.1, 0.15) is 24.2 Å². The van der Waals surface area contributed by atoms with E-state index in [1.165, 1.54) is 6.07 Å². The fourth-order valence-corrected chi connectivity index (χ4v) is 1.96. The topological polar surface area (TPSA) is 32.7 Å². The molecule has 0 amide bonds. The first-order valence-corrected chi connectivity index (χ1v) is 6.34. The summed E-state index contributed by atoms with van der Waals surface area (Å²) in [7, 11) is 1.64. The van der Waals surface area contributed by atoms with Crippen molar-refractivity contribution in [2.45, 2.75) is 20.0 Å². The van der Waals surface area contributed by atoms with E-state index in [4.69, 9.17) is 4.74 Å². The minimum atomic E-state index is -0.722. The van der Waals surface area contributed by atoms with E-state index in [0.717, 1.165) is 5.69 Å². The predicted molar refractivity (Wildman–Crippen MR) is 76.1 cm³/mol. The predicted octanol–water partition coefficient (Wildman–Crippen LogP) is 2.83. The second kappa shape index (κ2) is 7.26. The molecule has 106 valence electrons. The quantitative estimate of drug-likeness (QED) is 0.771. The number of hydrogen-bond acceptors (Lipinski definition) is 3. The summed E-state index contributed by atoms with van der Waals surface area (Å²) in [5.74, 6) is -0.301. The van der Waals surface area contributed by atoms with Gasteiger partial charge in [0, 0.05) is 31.5 Å². The van der Waals surface area contributed by atoms with Crippen LogP contribution in [0.4, 0.5) is 10.1 Å². The number of benzene rings is 1. The summed E-state index contributed by atoms with van der Waals surface area (Å²) in [4.78, 5) is 2.02. The Morgan fingerprint density at radius 2 is 2.21 bits per heavy atom. The van der Waals surface area contributed by atoms with Crippen molar-refractivity contribution in [3.63, 3.8) is 0 Å². The molecular weight excluding hydrogens is 245 g/mol. The summed E-state index contributed by atoms with van der Waals surface area (Å²) in [6, 6.07) is 3.16. The number of aryl methyl sites for hydroxylation is 1. The van der Waals surface area contributed by atoms with Gasteiger partial charge >= 0.3 is 0 Å². The Bertz CT molecular complexity index is 432. The smallest absolute Gasteiger partial charge is 0.126 e. The fraction of sp³-hybridized carbons (Fsp3) is 0.467. The molecule has 3 nitrogen and oxygen atoms in total. The molecule has 1 rings (SSSR count). The molecule has 0 aliphatic heterocycles. The van der Waals surface area contributed by atoms with E-state index in [9.17, 15) is 9.50 Å². The van der Waals surface area contributed by atoms with Crippen molar-refractivity contribution in [3.8, 4) is 0 Å². The van der Waals surface area contributed by atoms with Crippen molar-refractivity contribution in [1.29, 1.82) is 0 Å². The van der Waals surface area contributed by atoms with E-state index in [2.05, 4.69) is 6.58 Å². The van der Waals surface area contributed by atoms with Crippen molar-refractivity contribution in [2.75, 3.05) is 31.7 Å². The Morgan fingerprint density at radius 1 is 1.53 bits per heavy atom. The molecule has 1 aromatic rings. The molecule has 1 aromatic carbocycles. The van der Waals surface area contributed by atoms with Gasteiger partial charge in [-0.1, -0.05) is 6.08 Å². The largest absolute Gasteiger partial charge is 0.389 e. The molecular formula is C15H22FNO2. The summed E-state index contributed by atoms with van der Waals surface area (Å²) in [5, 5.41) is 9.81. The van der Waals surface area contributed by atoms with E-state index in [1.807, 2.05) is 4.90 Å². The monoisotopic (exact) mass is 267 g/mol. The van der Waals surface area contributed by atoms with Gasteiger partial charge in [0.25, 0.3) is 0 Å². The molecule has 4 heteroatoms. The van der Waals surface area contributed by atoms with Crippen LogP contribution in [-0.2, 0) is 4.74 Å². The third kappa shape index (κ3) is 4.04. The second-order valence-electron chi connectivity index (χ2n) is 4.56. The Labute approximate surface area is 114 Å². The molecule has 0 bridgehead atoms. The zero-order valence-corrected chi connectivity index (χ0v) is 11.8. The molecule has 0 saturated carbocycles. The molecule has 0 spiro atoms. The van der Waals surface area contributed by atoms with Crippen LogP contribution in [0, 0.1) is 12.7 Å². The normalized spacial score (nSPS) is 12.3. The van der Waals surface area contributed by atoms with E-state index >= 15 is 0 Å². The SMILES string of the molecule is C=CCN(CCOC)c1cc(C)c(F)cc1[C@@H](C)O. The lowest BCUT2D eigenvalue weighted by atomic mass is 10.0. The Balaban J connectivity index is 3.18. The number of halogens is 1. The first-order chi connectivity index (χ1) is 9.01. The first-order valence-electron chi connectivity index (χ1n) is 6.34. The maximum absolute atomic E-state index is 13.6. The zero-order chi connectivity index (χ0) is 14.4. The maximum atomic E-state index is 13.6. The Hall–Kier alpha value is -1.39. The fourth-order valence-electron chi connectivity index (χ4n) is 1.96. The standard InChI is InChI=1S/C15H22FNO2/c1-5-6-17(7-8-19-4)15-9-11(2)14(16)10-13(15)12(3)18/h5,9-10,12,18H,1,6-8H2,2-4H3/t12-/m1/s1. The molecule has 19 heavy (non-hydrogen) atoms. The van der Waals surface area contributed by atoms with Crippen molar-refractivity contribution >= 4 is 5.69 Å². The lowest BCUT2D eigenvalue weighted by Crippen LogP contribution is -2.28. The third-order valence-electron chi connectivity index (χ3n) is 3.01. The average Bonchev–Trinajstić information content (AvgIpc) is 2.37. The van der Waals surface area contributed by atoms with E-state index in [1.54, 1.807) is 33.1 Å². The Morgan fingerprint density at radius 3 is 2.74 bits per heavy atom. The number of anilines is 1. The van der Waals surface area contributed by atoms with Gasteiger partial charge < -0.3 is 14.7 Å². The van der Waals surface area contributed by atoms with Crippen LogP contribution < -0.4 is 4.90 Å². The zero-order valence-electron chi connectivity index (χ0n) is 11.8. The highest BCUT2D eigenvalue weighted by atomic mass is 19.1. The van der Waals surface area contributed by atoms with Gasteiger partial charge in [-0.2, -0.15) is 0 Å². The van der Waals surface area contributed by atoms with Crippen LogP contribution >= 0.6 is 0 Å². The van der Waals surface area contributed by atoms with Gasteiger partial charge in [-0.25, -0.2) is 4.39 Å². The summed E-state index contributed by atoms with van der Waals surface area (Å²) in [6.45, 7) is 8.92. The molecule has 0 unspecified atom stereocenters. The van der Waals surface area contributed by atoms with Crippen LogP contribution in [0.15, 0.2) is 24.8 Å². The van der Waals surface area contributed by atoms with Gasteiger partial charge in [0.2, 0.25) is 0 Å². The van der Waals surface area contributed by atoms with Gasteiger partial charge in [-0.15, -0.1) is 6.58 Å². The van der Waals surface area contributed by atoms with Crippen molar-refractivity contribution < 1.29 is 14.2 Å². The van der Waals surface area contributed by atoms with Crippen LogP contribution in [0.25, 0.3) is 0 Å². The number of ether oxygens (including phenoxy) is 1. The summed E-state index contributed by atoms with van der Waals surface area (Å²) in [6.07, 6.45) is 1.06. The van der Waals surface area contributed by atoms with Crippen LogP contribution in [0.5, 0.6) is 0 Å². The molecule has 1 atom stereocenters. The van der Waals surface area contributed by atoms with Gasteiger partial charge in [0.15, 0.2) is 0 Å². The molecule has 0 aliphatic rings. The highest BCUT2D eigenvalue weighted by Crippen LogP contribution is 2.29. The number of aliphatic hydroxyl groups excluding tert-OH is 1. The molecule has 0 radical (unpaired) electrons. The molecule has 0 aliphatic carbocycles.